The first kappa shape index (κ1) is 12.1. The van der Waals surface area contributed by atoms with E-state index in [2.05, 4.69) is 4.98 Å². The smallest absolute Gasteiger partial charge is 0.322 e. The van der Waals surface area contributed by atoms with Crippen LogP contribution in [0.3, 0.4) is 0 Å². The Morgan fingerprint density at radius 2 is 2.29 bits per heavy atom. The number of aromatic nitrogens is 2. The second-order valence-corrected chi connectivity index (χ2v) is 5.83. The van der Waals surface area contributed by atoms with Crippen LogP contribution in [0, 0.1) is 0 Å². The zero-order chi connectivity index (χ0) is 12.6. The number of carbonyl (C=O) groups is 1. The number of aliphatic carboxylic acids is 1. The van der Waals surface area contributed by atoms with Crippen LogP contribution in [0.15, 0.2) is 17.6 Å². The molecule has 1 aromatic heterocycles. The van der Waals surface area contributed by atoms with Crippen molar-refractivity contribution < 1.29 is 18.3 Å². The summed E-state index contributed by atoms with van der Waals surface area (Å²) < 4.78 is 26.8. The van der Waals surface area contributed by atoms with Gasteiger partial charge in [-0.25, -0.2) is 13.4 Å². The van der Waals surface area contributed by atoms with Gasteiger partial charge in [0.05, 0.1) is 6.33 Å². The highest BCUT2D eigenvalue weighted by Crippen LogP contribution is 2.25. The lowest BCUT2D eigenvalue weighted by Gasteiger charge is -2.19. The van der Waals surface area contributed by atoms with Crippen LogP contribution in [0.4, 0.5) is 0 Å². The molecule has 1 aliphatic rings. The molecule has 2 heterocycles. The third-order valence-electron chi connectivity index (χ3n) is 2.74. The van der Waals surface area contributed by atoms with Crippen LogP contribution in [0.5, 0.6) is 0 Å². The number of rotatable bonds is 3. The SMILES string of the molecule is Cn1cnc(S(=O)(=O)N2CCC[C@H]2C(=O)O)c1. The highest BCUT2D eigenvalue weighted by Gasteiger charge is 2.40. The molecule has 8 heteroatoms. The number of hydrogen-bond donors (Lipinski definition) is 1. The monoisotopic (exact) mass is 259 g/mol. The van der Waals surface area contributed by atoms with Crippen LogP contribution in [-0.4, -0.2) is 45.9 Å². The van der Waals surface area contributed by atoms with E-state index in [0.717, 1.165) is 4.31 Å². The maximum absolute atomic E-state index is 12.1. The van der Waals surface area contributed by atoms with Crippen molar-refractivity contribution in [3.8, 4) is 0 Å². The van der Waals surface area contributed by atoms with Gasteiger partial charge in [0.25, 0.3) is 10.0 Å². The molecule has 0 bridgehead atoms. The summed E-state index contributed by atoms with van der Waals surface area (Å²) in [5.74, 6) is -1.11. The van der Waals surface area contributed by atoms with Gasteiger partial charge in [-0.2, -0.15) is 4.31 Å². The van der Waals surface area contributed by atoms with Crippen LogP contribution >= 0.6 is 0 Å². The normalized spacial score (nSPS) is 21.8. The molecule has 0 saturated carbocycles. The lowest BCUT2D eigenvalue weighted by Crippen LogP contribution is -2.40. The molecule has 0 radical (unpaired) electrons. The average molecular weight is 259 g/mol. The first-order valence-corrected chi connectivity index (χ1v) is 6.59. The van der Waals surface area contributed by atoms with Crippen molar-refractivity contribution in [3.05, 3.63) is 12.5 Å². The summed E-state index contributed by atoms with van der Waals surface area (Å²) in [7, 11) is -2.13. The number of aryl methyl sites for hydroxylation is 1. The van der Waals surface area contributed by atoms with Crippen molar-refractivity contribution in [2.24, 2.45) is 7.05 Å². The Morgan fingerprint density at radius 1 is 1.59 bits per heavy atom. The number of sulfonamides is 1. The predicted molar refractivity (Wildman–Crippen MR) is 57.8 cm³/mol. The summed E-state index contributed by atoms with van der Waals surface area (Å²) in [5.41, 5.74) is 0. The van der Waals surface area contributed by atoms with Crippen molar-refractivity contribution in [3.63, 3.8) is 0 Å². The topological polar surface area (TPSA) is 92.5 Å². The molecular weight excluding hydrogens is 246 g/mol. The largest absolute Gasteiger partial charge is 0.480 e. The Morgan fingerprint density at radius 3 is 2.82 bits per heavy atom. The van der Waals surface area contributed by atoms with Gasteiger partial charge in [0.15, 0.2) is 5.03 Å². The Hall–Kier alpha value is -1.41. The molecule has 0 aromatic carbocycles. The van der Waals surface area contributed by atoms with Crippen molar-refractivity contribution in [2.75, 3.05) is 6.54 Å². The molecule has 0 aliphatic carbocycles. The Kier molecular flexibility index (Phi) is 2.92. The van der Waals surface area contributed by atoms with Gasteiger partial charge in [-0.1, -0.05) is 0 Å². The summed E-state index contributed by atoms with van der Waals surface area (Å²) >= 11 is 0. The van der Waals surface area contributed by atoms with Gasteiger partial charge in [0.2, 0.25) is 0 Å². The maximum atomic E-state index is 12.1. The minimum atomic E-state index is -3.79. The molecule has 0 unspecified atom stereocenters. The molecule has 1 aromatic rings. The first-order valence-electron chi connectivity index (χ1n) is 5.15. The second kappa shape index (κ2) is 4.11. The molecule has 7 nitrogen and oxygen atoms in total. The highest BCUT2D eigenvalue weighted by atomic mass is 32.2. The summed E-state index contributed by atoms with van der Waals surface area (Å²) in [6, 6.07) is -0.970. The van der Waals surface area contributed by atoms with Gasteiger partial charge in [-0.05, 0) is 12.8 Å². The van der Waals surface area contributed by atoms with Crippen molar-refractivity contribution in [1.29, 1.82) is 0 Å². The second-order valence-electron chi connectivity index (χ2n) is 3.99. The van der Waals surface area contributed by atoms with Crippen molar-refractivity contribution >= 4 is 16.0 Å². The Bertz CT molecular complexity index is 536. The predicted octanol–water partition coefficient (Wildman–Crippen LogP) is -0.342. The maximum Gasteiger partial charge on any atom is 0.322 e. The fraction of sp³-hybridized carbons (Fsp3) is 0.556. The van der Waals surface area contributed by atoms with Gasteiger partial charge in [-0.3, -0.25) is 4.79 Å². The average Bonchev–Trinajstić information content (AvgIpc) is 2.84. The van der Waals surface area contributed by atoms with E-state index in [1.54, 1.807) is 7.05 Å². The number of hydrogen-bond acceptors (Lipinski definition) is 4. The Labute approximate surface area is 98.7 Å². The minimum Gasteiger partial charge on any atom is -0.480 e. The van der Waals surface area contributed by atoms with Crippen LogP contribution in [0.2, 0.25) is 0 Å². The van der Waals surface area contributed by atoms with E-state index >= 15 is 0 Å². The molecule has 1 atom stereocenters. The lowest BCUT2D eigenvalue weighted by atomic mass is 10.2. The third kappa shape index (κ3) is 2.05. The fourth-order valence-corrected chi connectivity index (χ4v) is 3.54. The fourth-order valence-electron chi connectivity index (χ4n) is 1.92. The quantitative estimate of drug-likeness (QED) is 0.801. The molecule has 94 valence electrons. The van der Waals surface area contributed by atoms with Crippen LogP contribution < -0.4 is 0 Å². The molecular formula is C9H13N3O4S. The van der Waals surface area contributed by atoms with Gasteiger partial charge in [-0.15, -0.1) is 0 Å². The molecule has 1 aliphatic heterocycles. The molecule has 0 amide bonds. The number of carboxylic acid groups (broad SMARTS) is 1. The molecule has 1 saturated heterocycles. The summed E-state index contributed by atoms with van der Waals surface area (Å²) in [6.07, 6.45) is 3.65. The molecule has 1 fully saturated rings. The van der Waals surface area contributed by atoms with E-state index in [1.807, 2.05) is 0 Å². The van der Waals surface area contributed by atoms with Crippen LogP contribution in [0.25, 0.3) is 0 Å². The van der Waals surface area contributed by atoms with Gasteiger partial charge >= 0.3 is 5.97 Å². The molecule has 17 heavy (non-hydrogen) atoms. The van der Waals surface area contributed by atoms with Crippen molar-refractivity contribution in [2.45, 2.75) is 23.9 Å². The van der Waals surface area contributed by atoms with Crippen LogP contribution in [-0.2, 0) is 21.9 Å². The van der Waals surface area contributed by atoms with E-state index in [0.29, 0.717) is 12.8 Å². The van der Waals surface area contributed by atoms with Gasteiger partial charge in [0.1, 0.15) is 6.04 Å². The Balaban J connectivity index is 2.36. The molecule has 1 N–H and O–H groups in total. The van der Waals surface area contributed by atoms with Gasteiger partial charge in [0, 0.05) is 19.8 Å². The zero-order valence-electron chi connectivity index (χ0n) is 9.28. The number of imidazole rings is 1. The van der Waals surface area contributed by atoms with Crippen molar-refractivity contribution in [1.82, 2.24) is 13.9 Å². The van der Waals surface area contributed by atoms with E-state index in [1.165, 1.54) is 17.1 Å². The zero-order valence-corrected chi connectivity index (χ0v) is 10.1. The first-order chi connectivity index (χ1) is 7.93. The van der Waals surface area contributed by atoms with E-state index < -0.39 is 22.0 Å². The highest BCUT2D eigenvalue weighted by molar-refractivity contribution is 7.89. The standard InChI is InChI=1S/C9H13N3O4S/c1-11-5-8(10-6-11)17(15,16)12-4-2-3-7(12)9(13)14/h5-7H,2-4H2,1H3,(H,13,14)/t7-/m0/s1. The molecule has 0 spiro atoms. The lowest BCUT2D eigenvalue weighted by molar-refractivity contribution is -0.140. The summed E-state index contributed by atoms with van der Waals surface area (Å²) in [5, 5.41) is 8.86. The third-order valence-corrected chi connectivity index (χ3v) is 4.54. The number of carboxylic acids is 1. The summed E-state index contributed by atoms with van der Waals surface area (Å²) in [6.45, 7) is 0.232. The molecule has 2 rings (SSSR count). The van der Waals surface area contributed by atoms with E-state index in [4.69, 9.17) is 5.11 Å². The minimum absolute atomic E-state index is 0.104. The summed E-state index contributed by atoms with van der Waals surface area (Å²) in [4.78, 5) is 14.7. The van der Waals surface area contributed by atoms with E-state index in [-0.39, 0.29) is 11.6 Å². The van der Waals surface area contributed by atoms with Crippen LogP contribution in [0.1, 0.15) is 12.8 Å². The van der Waals surface area contributed by atoms with Gasteiger partial charge < -0.3 is 9.67 Å². The van der Waals surface area contributed by atoms with E-state index in [9.17, 15) is 13.2 Å². The number of nitrogens with zero attached hydrogens (tertiary/aromatic N) is 3.